The van der Waals surface area contributed by atoms with Crippen molar-refractivity contribution >= 4 is 40.8 Å². The zero-order chi connectivity index (χ0) is 18.2. The van der Waals surface area contributed by atoms with Gasteiger partial charge in [0.2, 0.25) is 0 Å². The van der Waals surface area contributed by atoms with Crippen LogP contribution in [0, 0.1) is 6.92 Å². The summed E-state index contributed by atoms with van der Waals surface area (Å²) in [6.45, 7) is 4.81. The third-order valence-electron chi connectivity index (χ3n) is 4.44. The van der Waals surface area contributed by atoms with Crippen molar-refractivity contribution < 1.29 is 0 Å². The first-order valence-electron chi connectivity index (χ1n) is 9.10. The first-order chi connectivity index (χ1) is 12.8. The number of aliphatic imine (C=N–C) groups is 1. The van der Waals surface area contributed by atoms with Gasteiger partial charge in [-0.1, -0.05) is 12.1 Å². The summed E-state index contributed by atoms with van der Waals surface area (Å²) in [5.74, 6) is 0.852. The number of aromatic amines is 1. The van der Waals surface area contributed by atoms with Crippen LogP contribution in [0.1, 0.15) is 24.0 Å². The van der Waals surface area contributed by atoms with Crippen LogP contribution < -0.4 is 10.6 Å². The maximum absolute atomic E-state index is 4.29. The van der Waals surface area contributed by atoms with Gasteiger partial charge in [-0.2, -0.15) is 0 Å². The van der Waals surface area contributed by atoms with Crippen LogP contribution >= 0.6 is 24.0 Å². The lowest BCUT2D eigenvalue weighted by molar-refractivity contribution is 0.597. The number of H-pyrrole nitrogens is 1. The minimum atomic E-state index is 0. The molecule has 2 aromatic heterocycles. The second-order valence-electron chi connectivity index (χ2n) is 6.45. The molecular formula is C19H28IN7. The summed E-state index contributed by atoms with van der Waals surface area (Å²) in [5, 5.41) is 15.7. The molecule has 0 radical (unpaired) electrons. The van der Waals surface area contributed by atoms with Gasteiger partial charge in [0.1, 0.15) is 12.7 Å². The first kappa shape index (κ1) is 21.2. The number of hydrogen-bond acceptors (Lipinski definition) is 3. The average Bonchev–Trinajstić information content (AvgIpc) is 3.29. The quantitative estimate of drug-likeness (QED) is 0.200. The Labute approximate surface area is 177 Å². The Morgan fingerprint density at radius 2 is 1.93 bits per heavy atom. The van der Waals surface area contributed by atoms with E-state index in [1.54, 1.807) is 19.7 Å². The fourth-order valence-corrected chi connectivity index (χ4v) is 3.01. The van der Waals surface area contributed by atoms with E-state index in [0.717, 1.165) is 44.9 Å². The van der Waals surface area contributed by atoms with Crippen molar-refractivity contribution in [3.63, 3.8) is 0 Å². The van der Waals surface area contributed by atoms with E-state index < -0.39 is 0 Å². The van der Waals surface area contributed by atoms with Crippen LogP contribution in [-0.4, -0.2) is 45.8 Å². The van der Waals surface area contributed by atoms with E-state index >= 15 is 0 Å². The van der Waals surface area contributed by atoms with Gasteiger partial charge in [-0.3, -0.25) is 4.99 Å². The standard InChI is InChI=1S/C19H27N7.HI/c1-15-5-6-17-16(12-23-18(17)11-15)7-9-22-19(20-2)21-8-3-4-10-26-13-24-25-14-26;/h5-6,11-14,23H,3-4,7-10H2,1-2H3,(H2,20,21,22);1H. The lowest BCUT2D eigenvalue weighted by atomic mass is 10.1. The second-order valence-corrected chi connectivity index (χ2v) is 6.45. The zero-order valence-electron chi connectivity index (χ0n) is 15.9. The van der Waals surface area contributed by atoms with Gasteiger partial charge in [-0.05, 0) is 43.4 Å². The highest BCUT2D eigenvalue weighted by atomic mass is 127. The van der Waals surface area contributed by atoms with Crippen molar-refractivity contribution in [2.45, 2.75) is 32.7 Å². The molecule has 0 aliphatic carbocycles. The third-order valence-corrected chi connectivity index (χ3v) is 4.44. The van der Waals surface area contributed by atoms with E-state index in [4.69, 9.17) is 0 Å². The number of unbranched alkanes of at least 4 members (excludes halogenated alkanes) is 1. The number of nitrogens with one attached hydrogen (secondary N) is 3. The predicted octanol–water partition coefficient (Wildman–Crippen LogP) is 2.87. The highest BCUT2D eigenvalue weighted by Crippen LogP contribution is 2.19. The highest BCUT2D eigenvalue weighted by Gasteiger charge is 2.04. The molecule has 0 saturated heterocycles. The number of benzene rings is 1. The zero-order valence-corrected chi connectivity index (χ0v) is 18.2. The second kappa shape index (κ2) is 10.9. The van der Waals surface area contributed by atoms with Crippen molar-refractivity contribution in [3.8, 4) is 0 Å². The molecule has 0 atom stereocenters. The number of halogens is 1. The minimum absolute atomic E-state index is 0. The molecule has 27 heavy (non-hydrogen) atoms. The van der Waals surface area contributed by atoms with Crippen molar-refractivity contribution in [3.05, 3.63) is 48.2 Å². The Bertz CT molecular complexity index is 839. The Morgan fingerprint density at radius 1 is 1.15 bits per heavy atom. The van der Waals surface area contributed by atoms with E-state index in [2.05, 4.69) is 62.1 Å². The Balaban J connectivity index is 0.00000261. The summed E-state index contributed by atoms with van der Waals surface area (Å²) < 4.78 is 2.00. The number of fused-ring (bicyclic) bond motifs is 1. The SMILES string of the molecule is CN=C(NCCCCn1cnnc1)NCCc1c[nH]c2cc(C)ccc12.I. The predicted molar refractivity (Wildman–Crippen MR) is 121 cm³/mol. The number of nitrogens with zero attached hydrogens (tertiary/aromatic N) is 4. The van der Waals surface area contributed by atoms with Gasteiger partial charge in [0, 0.05) is 43.8 Å². The fourth-order valence-electron chi connectivity index (χ4n) is 3.01. The van der Waals surface area contributed by atoms with E-state index in [1.807, 2.05) is 4.57 Å². The topological polar surface area (TPSA) is 82.9 Å². The van der Waals surface area contributed by atoms with Gasteiger partial charge in [0.05, 0.1) is 0 Å². The van der Waals surface area contributed by atoms with Crippen LogP contribution in [-0.2, 0) is 13.0 Å². The molecule has 0 spiro atoms. The van der Waals surface area contributed by atoms with Gasteiger partial charge < -0.3 is 20.2 Å². The molecule has 0 aliphatic rings. The van der Waals surface area contributed by atoms with Crippen molar-refractivity contribution in [1.29, 1.82) is 0 Å². The van der Waals surface area contributed by atoms with Gasteiger partial charge in [-0.15, -0.1) is 34.2 Å². The third kappa shape index (κ3) is 6.23. The molecule has 3 rings (SSSR count). The van der Waals surface area contributed by atoms with Gasteiger partial charge >= 0.3 is 0 Å². The molecule has 146 valence electrons. The molecular weight excluding hydrogens is 453 g/mol. The van der Waals surface area contributed by atoms with Gasteiger partial charge in [-0.25, -0.2) is 0 Å². The summed E-state index contributed by atoms with van der Waals surface area (Å²) in [4.78, 5) is 7.65. The molecule has 0 amide bonds. The Kier molecular flexibility index (Phi) is 8.56. The van der Waals surface area contributed by atoms with Crippen molar-refractivity contribution in [1.82, 2.24) is 30.4 Å². The summed E-state index contributed by atoms with van der Waals surface area (Å²) in [6, 6.07) is 6.54. The molecule has 0 saturated carbocycles. The summed E-state index contributed by atoms with van der Waals surface area (Å²) >= 11 is 0. The summed E-state index contributed by atoms with van der Waals surface area (Å²) in [5.41, 5.74) is 3.81. The first-order valence-corrected chi connectivity index (χ1v) is 9.10. The maximum atomic E-state index is 4.29. The van der Waals surface area contributed by atoms with Crippen molar-refractivity contribution in [2.24, 2.45) is 4.99 Å². The lowest BCUT2D eigenvalue weighted by Gasteiger charge is -2.11. The number of aryl methyl sites for hydroxylation is 2. The molecule has 0 fully saturated rings. The Hall–Kier alpha value is -2.10. The van der Waals surface area contributed by atoms with Gasteiger partial charge in [0.25, 0.3) is 0 Å². The molecule has 8 heteroatoms. The fraction of sp³-hybridized carbons (Fsp3) is 0.421. The molecule has 0 bridgehead atoms. The smallest absolute Gasteiger partial charge is 0.190 e. The number of guanidine groups is 1. The monoisotopic (exact) mass is 481 g/mol. The normalized spacial score (nSPS) is 11.4. The van der Waals surface area contributed by atoms with Crippen LogP contribution in [0.25, 0.3) is 10.9 Å². The molecule has 3 aromatic rings. The molecule has 3 N–H and O–H groups in total. The minimum Gasteiger partial charge on any atom is -0.361 e. The van der Waals surface area contributed by atoms with Crippen molar-refractivity contribution in [2.75, 3.05) is 20.1 Å². The van der Waals surface area contributed by atoms with Crippen LogP contribution in [0.2, 0.25) is 0 Å². The van der Waals surface area contributed by atoms with E-state index in [-0.39, 0.29) is 24.0 Å². The molecule has 2 heterocycles. The molecule has 1 aromatic carbocycles. The molecule has 0 unspecified atom stereocenters. The highest BCUT2D eigenvalue weighted by molar-refractivity contribution is 14.0. The largest absolute Gasteiger partial charge is 0.361 e. The summed E-state index contributed by atoms with van der Waals surface area (Å²) in [6.07, 6.45) is 8.71. The van der Waals surface area contributed by atoms with E-state index in [0.29, 0.717) is 0 Å². The van der Waals surface area contributed by atoms with E-state index in [9.17, 15) is 0 Å². The van der Waals surface area contributed by atoms with E-state index in [1.165, 1.54) is 22.0 Å². The van der Waals surface area contributed by atoms with Crippen LogP contribution in [0.4, 0.5) is 0 Å². The maximum Gasteiger partial charge on any atom is 0.190 e. The lowest BCUT2D eigenvalue weighted by Crippen LogP contribution is -2.38. The molecule has 7 nitrogen and oxygen atoms in total. The average molecular weight is 481 g/mol. The van der Waals surface area contributed by atoms with Gasteiger partial charge in [0.15, 0.2) is 5.96 Å². The number of rotatable bonds is 8. The number of aromatic nitrogens is 4. The molecule has 0 aliphatic heterocycles. The van der Waals surface area contributed by atoms with Crippen LogP contribution in [0.3, 0.4) is 0 Å². The van der Waals surface area contributed by atoms with Crippen LogP contribution in [0.5, 0.6) is 0 Å². The Morgan fingerprint density at radius 3 is 2.70 bits per heavy atom. The van der Waals surface area contributed by atoms with Crippen LogP contribution in [0.15, 0.2) is 42.0 Å². The summed E-state index contributed by atoms with van der Waals surface area (Å²) in [7, 11) is 1.81. The number of hydrogen-bond donors (Lipinski definition) is 3.